The van der Waals surface area contributed by atoms with Crippen LogP contribution in [0.15, 0.2) is 18.2 Å². The Hall–Kier alpha value is -1.82. The molecule has 1 heterocycles. The fourth-order valence-electron chi connectivity index (χ4n) is 2.50. The topological polar surface area (TPSA) is 58.6 Å². The molecular weight excluding hydrogens is 335 g/mol. The molecule has 7 heteroatoms. The summed E-state index contributed by atoms with van der Waals surface area (Å²) in [6.07, 6.45) is 1.01. The molecule has 2 amide bonds. The van der Waals surface area contributed by atoms with Crippen LogP contribution in [0.5, 0.6) is 0 Å². The van der Waals surface area contributed by atoms with E-state index in [9.17, 15) is 14.0 Å². The van der Waals surface area contributed by atoms with Gasteiger partial charge in [0.2, 0.25) is 5.91 Å². The Bertz CT molecular complexity index is 609. The van der Waals surface area contributed by atoms with E-state index in [-0.39, 0.29) is 22.8 Å². The summed E-state index contributed by atoms with van der Waals surface area (Å²) in [6, 6.07) is 4.11. The summed E-state index contributed by atoms with van der Waals surface area (Å²) in [4.78, 5) is 25.9. The maximum Gasteiger partial charge on any atom is 0.409 e. The smallest absolute Gasteiger partial charge is 0.409 e. The van der Waals surface area contributed by atoms with Gasteiger partial charge in [0, 0.05) is 18.8 Å². The van der Waals surface area contributed by atoms with Crippen molar-refractivity contribution in [2.45, 2.75) is 26.7 Å². The molecule has 0 aliphatic carbocycles. The van der Waals surface area contributed by atoms with Gasteiger partial charge in [0.1, 0.15) is 5.82 Å². The van der Waals surface area contributed by atoms with Crippen LogP contribution in [0.2, 0.25) is 5.02 Å². The average molecular weight is 357 g/mol. The Morgan fingerprint density at radius 1 is 1.46 bits per heavy atom. The van der Waals surface area contributed by atoms with Gasteiger partial charge >= 0.3 is 6.09 Å². The molecule has 1 aliphatic heterocycles. The van der Waals surface area contributed by atoms with Crippen molar-refractivity contribution in [2.24, 2.45) is 11.8 Å². The minimum Gasteiger partial charge on any atom is -0.449 e. The minimum absolute atomic E-state index is 0.00439. The number of ether oxygens (including phenoxy) is 1. The summed E-state index contributed by atoms with van der Waals surface area (Å²) in [5, 5.41) is 2.68. The molecule has 1 fully saturated rings. The minimum atomic E-state index is -0.586. The van der Waals surface area contributed by atoms with Crippen molar-refractivity contribution in [1.82, 2.24) is 4.90 Å². The van der Waals surface area contributed by atoms with Gasteiger partial charge in [0.05, 0.1) is 17.5 Å². The molecule has 1 aliphatic rings. The van der Waals surface area contributed by atoms with Gasteiger partial charge in [-0.3, -0.25) is 4.79 Å². The molecule has 1 aromatic rings. The number of nitrogens with one attached hydrogen (secondary N) is 1. The number of piperidine rings is 1. The highest BCUT2D eigenvalue weighted by atomic mass is 35.5. The van der Waals surface area contributed by atoms with Gasteiger partial charge in [-0.2, -0.15) is 0 Å². The molecule has 0 radical (unpaired) electrons. The van der Waals surface area contributed by atoms with Crippen molar-refractivity contribution in [3.8, 4) is 0 Å². The van der Waals surface area contributed by atoms with E-state index in [4.69, 9.17) is 16.3 Å². The fourth-order valence-corrected chi connectivity index (χ4v) is 2.62. The fraction of sp³-hybridized carbons (Fsp3) is 0.529. The van der Waals surface area contributed by atoms with E-state index in [0.29, 0.717) is 31.8 Å². The number of benzene rings is 1. The molecule has 24 heavy (non-hydrogen) atoms. The van der Waals surface area contributed by atoms with Gasteiger partial charge < -0.3 is 15.0 Å². The second-order valence-electron chi connectivity index (χ2n) is 6.37. The first kappa shape index (κ1) is 18.5. The van der Waals surface area contributed by atoms with Gasteiger partial charge in [0.15, 0.2) is 0 Å². The van der Waals surface area contributed by atoms with E-state index < -0.39 is 11.9 Å². The van der Waals surface area contributed by atoms with E-state index >= 15 is 0 Å². The van der Waals surface area contributed by atoms with Crippen molar-refractivity contribution in [3.63, 3.8) is 0 Å². The van der Waals surface area contributed by atoms with Crippen molar-refractivity contribution in [1.29, 1.82) is 0 Å². The Morgan fingerprint density at radius 2 is 2.21 bits per heavy atom. The summed E-state index contributed by atoms with van der Waals surface area (Å²) in [6.45, 7) is 5.17. The molecule has 2 rings (SSSR count). The van der Waals surface area contributed by atoms with Crippen LogP contribution in [0.1, 0.15) is 26.7 Å². The number of nitrogens with zero attached hydrogens (tertiary/aromatic N) is 1. The summed E-state index contributed by atoms with van der Waals surface area (Å²) in [7, 11) is 0. The Kier molecular flexibility index (Phi) is 6.43. The van der Waals surface area contributed by atoms with Crippen LogP contribution >= 0.6 is 11.6 Å². The number of likely N-dealkylation sites (tertiary alicyclic amines) is 1. The molecule has 0 bridgehead atoms. The maximum absolute atomic E-state index is 13.4. The molecule has 1 atom stereocenters. The molecule has 1 saturated heterocycles. The van der Waals surface area contributed by atoms with Crippen molar-refractivity contribution in [3.05, 3.63) is 29.0 Å². The van der Waals surface area contributed by atoms with Gasteiger partial charge in [-0.05, 0) is 37.0 Å². The molecular formula is C17H22ClFN2O3. The van der Waals surface area contributed by atoms with E-state index in [2.05, 4.69) is 5.32 Å². The molecule has 0 aromatic heterocycles. The molecule has 1 N–H and O–H groups in total. The van der Waals surface area contributed by atoms with Crippen LogP contribution in [-0.2, 0) is 9.53 Å². The van der Waals surface area contributed by atoms with Gasteiger partial charge in [0.25, 0.3) is 0 Å². The lowest BCUT2D eigenvalue weighted by atomic mass is 9.97. The molecule has 0 spiro atoms. The first-order valence-electron chi connectivity index (χ1n) is 8.04. The number of carbonyl (C=O) groups excluding carboxylic acids is 2. The number of halogens is 2. The van der Waals surface area contributed by atoms with Gasteiger partial charge in [-0.1, -0.05) is 25.4 Å². The van der Waals surface area contributed by atoms with E-state index in [0.717, 1.165) is 6.42 Å². The third-order valence-corrected chi connectivity index (χ3v) is 4.08. The van der Waals surface area contributed by atoms with Gasteiger partial charge in [-0.15, -0.1) is 0 Å². The first-order valence-corrected chi connectivity index (χ1v) is 8.42. The lowest BCUT2D eigenvalue weighted by Crippen LogP contribution is -2.44. The van der Waals surface area contributed by atoms with Gasteiger partial charge in [-0.25, -0.2) is 9.18 Å². The zero-order chi connectivity index (χ0) is 17.7. The predicted molar refractivity (Wildman–Crippen MR) is 90.5 cm³/mol. The predicted octanol–water partition coefficient (Wildman–Crippen LogP) is 3.92. The highest BCUT2D eigenvalue weighted by Crippen LogP contribution is 2.22. The standard InChI is InChI=1S/C17H22ClFN2O3/c1-11(2)10-24-17(23)21-7-3-4-12(9-21)16(22)20-13-5-6-14(18)15(19)8-13/h5-6,8,11-12H,3-4,7,9-10H2,1-2H3,(H,20,22). The molecule has 1 unspecified atom stereocenters. The number of rotatable bonds is 4. The van der Waals surface area contributed by atoms with Crippen LogP contribution in [0.25, 0.3) is 0 Å². The van der Waals surface area contributed by atoms with Crippen molar-refractivity contribution in [2.75, 3.05) is 25.0 Å². The summed E-state index contributed by atoms with van der Waals surface area (Å²) in [5.41, 5.74) is 0.349. The van der Waals surface area contributed by atoms with E-state index in [1.165, 1.54) is 12.1 Å². The lowest BCUT2D eigenvalue weighted by Gasteiger charge is -2.31. The highest BCUT2D eigenvalue weighted by molar-refractivity contribution is 6.30. The van der Waals surface area contributed by atoms with Crippen LogP contribution in [-0.4, -0.2) is 36.6 Å². The molecule has 132 valence electrons. The quantitative estimate of drug-likeness (QED) is 0.889. The zero-order valence-corrected chi connectivity index (χ0v) is 14.6. The monoisotopic (exact) mass is 356 g/mol. The van der Waals surface area contributed by atoms with Crippen molar-refractivity contribution < 1.29 is 18.7 Å². The number of anilines is 1. The third-order valence-electron chi connectivity index (χ3n) is 3.78. The molecule has 1 aromatic carbocycles. The third kappa shape index (κ3) is 5.09. The SMILES string of the molecule is CC(C)COC(=O)N1CCCC(C(=O)Nc2ccc(Cl)c(F)c2)C1. The highest BCUT2D eigenvalue weighted by Gasteiger charge is 2.29. The number of hydrogen-bond acceptors (Lipinski definition) is 3. The summed E-state index contributed by atoms with van der Waals surface area (Å²) < 4.78 is 18.6. The molecule has 5 nitrogen and oxygen atoms in total. The Morgan fingerprint density at radius 3 is 2.88 bits per heavy atom. The van der Waals surface area contributed by atoms with Crippen LogP contribution in [0, 0.1) is 17.7 Å². The van der Waals surface area contributed by atoms with Crippen LogP contribution in [0.4, 0.5) is 14.9 Å². The number of amides is 2. The number of hydrogen-bond donors (Lipinski definition) is 1. The Balaban J connectivity index is 1.92. The second kappa shape index (κ2) is 8.33. The Labute approximate surface area is 146 Å². The van der Waals surface area contributed by atoms with Crippen LogP contribution in [0.3, 0.4) is 0 Å². The average Bonchev–Trinajstić information content (AvgIpc) is 2.56. The lowest BCUT2D eigenvalue weighted by molar-refractivity contribution is -0.121. The number of carbonyl (C=O) groups is 2. The summed E-state index contributed by atoms with van der Waals surface area (Å²) in [5.74, 6) is -0.906. The van der Waals surface area contributed by atoms with E-state index in [1.54, 1.807) is 11.0 Å². The zero-order valence-electron chi connectivity index (χ0n) is 13.9. The largest absolute Gasteiger partial charge is 0.449 e. The van der Waals surface area contributed by atoms with Crippen LogP contribution < -0.4 is 5.32 Å². The van der Waals surface area contributed by atoms with E-state index in [1.807, 2.05) is 13.8 Å². The van der Waals surface area contributed by atoms with Crippen molar-refractivity contribution >= 4 is 29.3 Å². The molecule has 0 saturated carbocycles. The maximum atomic E-state index is 13.4. The normalized spacial score (nSPS) is 17.7. The summed E-state index contributed by atoms with van der Waals surface area (Å²) >= 11 is 5.63. The first-order chi connectivity index (χ1) is 11.4. The second-order valence-corrected chi connectivity index (χ2v) is 6.78.